The van der Waals surface area contributed by atoms with Crippen LogP contribution >= 0.6 is 11.3 Å². The summed E-state index contributed by atoms with van der Waals surface area (Å²) in [6.45, 7) is 5.36. The fourth-order valence-electron chi connectivity index (χ4n) is 1.57. The van der Waals surface area contributed by atoms with Gasteiger partial charge in [0, 0.05) is 31.6 Å². The first-order chi connectivity index (χ1) is 8.13. The molecule has 4 nitrogen and oxygen atoms in total. The number of nitrogens with one attached hydrogen (secondary N) is 1. The van der Waals surface area contributed by atoms with Gasteiger partial charge in [-0.25, -0.2) is 4.98 Å². The summed E-state index contributed by atoms with van der Waals surface area (Å²) in [4.78, 5) is 17.1. The zero-order valence-electron chi connectivity index (χ0n) is 10.7. The standard InChI is InChI=1S/C12H20N2O2S/c1-9-11(17-10(2)14-9)5-6-12(15)13-7-4-8-16-3/h4-8H2,1-3H3,(H,13,15). The van der Waals surface area contributed by atoms with Gasteiger partial charge in [0.15, 0.2) is 0 Å². The summed E-state index contributed by atoms with van der Waals surface area (Å²) in [5.74, 6) is 0.103. The van der Waals surface area contributed by atoms with Crippen molar-refractivity contribution >= 4 is 17.2 Å². The molecule has 1 heterocycles. The molecule has 1 amide bonds. The normalized spacial score (nSPS) is 10.5. The lowest BCUT2D eigenvalue weighted by atomic mass is 10.2. The van der Waals surface area contributed by atoms with E-state index in [1.54, 1.807) is 18.4 Å². The molecule has 0 aliphatic carbocycles. The van der Waals surface area contributed by atoms with Gasteiger partial charge in [0.25, 0.3) is 0 Å². The average Bonchev–Trinajstić information content (AvgIpc) is 2.61. The molecule has 0 saturated carbocycles. The number of nitrogens with zero attached hydrogens (tertiary/aromatic N) is 1. The molecular weight excluding hydrogens is 236 g/mol. The summed E-state index contributed by atoms with van der Waals surface area (Å²) in [6.07, 6.45) is 2.18. The summed E-state index contributed by atoms with van der Waals surface area (Å²) in [5.41, 5.74) is 1.06. The minimum Gasteiger partial charge on any atom is -0.385 e. The molecular formula is C12H20N2O2S. The van der Waals surface area contributed by atoms with Crippen LogP contribution in [0.25, 0.3) is 0 Å². The van der Waals surface area contributed by atoms with Crippen LogP contribution in [0.1, 0.15) is 28.4 Å². The molecule has 0 aliphatic heterocycles. The van der Waals surface area contributed by atoms with Crippen molar-refractivity contribution in [2.75, 3.05) is 20.3 Å². The molecule has 0 spiro atoms. The largest absolute Gasteiger partial charge is 0.385 e. The second-order valence-corrected chi connectivity index (χ2v) is 5.23. The van der Waals surface area contributed by atoms with Crippen molar-refractivity contribution in [3.63, 3.8) is 0 Å². The van der Waals surface area contributed by atoms with Gasteiger partial charge in [-0.3, -0.25) is 4.79 Å². The van der Waals surface area contributed by atoms with Gasteiger partial charge in [-0.15, -0.1) is 11.3 Å². The molecule has 96 valence electrons. The van der Waals surface area contributed by atoms with Crippen molar-refractivity contribution in [3.05, 3.63) is 15.6 Å². The van der Waals surface area contributed by atoms with Crippen LogP contribution in [0.5, 0.6) is 0 Å². The highest BCUT2D eigenvalue weighted by molar-refractivity contribution is 7.11. The van der Waals surface area contributed by atoms with Crippen LogP contribution in [0.3, 0.4) is 0 Å². The second-order valence-electron chi connectivity index (χ2n) is 3.94. The molecule has 0 unspecified atom stereocenters. The Labute approximate surface area is 106 Å². The second kappa shape index (κ2) is 7.40. The molecule has 0 aliphatic rings. The molecule has 0 aromatic carbocycles. The predicted octanol–water partition coefficient (Wildman–Crippen LogP) is 1.85. The van der Waals surface area contributed by atoms with E-state index in [0.717, 1.165) is 23.5 Å². The number of aryl methyl sites for hydroxylation is 3. The Balaban J connectivity index is 2.21. The summed E-state index contributed by atoms with van der Waals surface area (Å²) in [5, 5.41) is 3.95. The zero-order valence-corrected chi connectivity index (χ0v) is 11.5. The van der Waals surface area contributed by atoms with Crippen molar-refractivity contribution in [1.29, 1.82) is 0 Å². The Morgan fingerprint density at radius 3 is 2.82 bits per heavy atom. The van der Waals surface area contributed by atoms with E-state index in [1.165, 1.54) is 4.88 Å². The molecule has 1 N–H and O–H groups in total. The molecule has 0 radical (unpaired) electrons. The van der Waals surface area contributed by atoms with E-state index in [9.17, 15) is 4.79 Å². The maximum atomic E-state index is 11.5. The predicted molar refractivity (Wildman–Crippen MR) is 69.4 cm³/mol. The molecule has 5 heteroatoms. The monoisotopic (exact) mass is 256 g/mol. The number of aromatic nitrogens is 1. The number of rotatable bonds is 7. The quantitative estimate of drug-likeness (QED) is 0.757. The van der Waals surface area contributed by atoms with Gasteiger partial charge >= 0.3 is 0 Å². The first-order valence-electron chi connectivity index (χ1n) is 5.82. The van der Waals surface area contributed by atoms with E-state index in [4.69, 9.17) is 4.74 Å². The van der Waals surface area contributed by atoms with Gasteiger partial charge in [-0.05, 0) is 26.7 Å². The number of methoxy groups -OCH3 is 1. The Bertz CT molecular complexity index is 363. The lowest BCUT2D eigenvalue weighted by Crippen LogP contribution is -2.25. The van der Waals surface area contributed by atoms with Crippen molar-refractivity contribution < 1.29 is 9.53 Å². The maximum absolute atomic E-state index is 11.5. The van der Waals surface area contributed by atoms with Crippen LogP contribution in [0.2, 0.25) is 0 Å². The van der Waals surface area contributed by atoms with Gasteiger partial charge in [-0.1, -0.05) is 0 Å². The molecule has 0 saturated heterocycles. The van der Waals surface area contributed by atoms with E-state index in [2.05, 4.69) is 10.3 Å². The van der Waals surface area contributed by atoms with Crippen LogP contribution in [0.4, 0.5) is 0 Å². The summed E-state index contributed by atoms with van der Waals surface area (Å²) in [6, 6.07) is 0. The minimum absolute atomic E-state index is 0.103. The molecule has 0 atom stereocenters. The van der Waals surface area contributed by atoms with Gasteiger partial charge in [0.05, 0.1) is 10.7 Å². The molecule has 1 aromatic rings. The smallest absolute Gasteiger partial charge is 0.220 e. The number of thiazole rings is 1. The van der Waals surface area contributed by atoms with Crippen molar-refractivity contribution in [1.82, 2.24) is 10.3 Å². The van der Waals surface area contributed by atoms with Crippen molar-refractivity contribution in [3.8, 4) is 0 Å². The van der Waals surface area contributed by atoms with Gasteiger partial charge in [-0.2, -0.15) is 0 Å². The van der Waals surface area contributed by atoms with Crippen LogP contribution in [-0.4, -0.2) is 31.2 Å². The van der Waals surface area contributed by atoms with Crippen LogP contribution in [0.15, 0.2) is 0 Å². The van der Waals surface area contributed by atoms with Gasteiger partial charge in [0.1, 0.15) is 0 Å². The van der Waals surface area contributed by atoms with E-state index in [0.29, 0.717) is 19.6 Å². The molecule has 1 rings (SSSR count). The van der Waals surface area contributed by atoms with Crippen LogP contribution in [0, 0.1) is 13.8 Å². The Morgan fingerprint density at radius 2 is 2.24 bits per heavy atom. The van der Waals surface area contributed by atoms with E-state index in [1.807, 2.05) is 13.8 Å². The minimum atomic E-state index is 0.103. The highest BCUT2D eigenvalue weighted by Gasteiger charge is 2.07. The highest BCUT2D eigenvalue weighted by atomic mass is 32.1. The number of carbonyl (C=O) groups excluding carboxylic acids is 1. The van der Waals surface area contributed by atoms with E-state index >= 15 is 0 Å². The SMILES string of the molecule is COCCCNC(=O)CCc1sc(C)nc1C. The Morgan fingerprint density at radius 1 is 1.47 bits per heavy atom. The molecule has 17 heavy (non-hydrogen) atoms. The first-order valence-corrected chi connectivity index (χ1v) is 6.63. The summed E-state index contributed by atoms with van der Waals surface area (Å²) >= 11 is 1.68. The number of ether oxygens (including phenoxy) is 1. The van der Waals surface area contributed by atoms with Gasteiger partial charge in [0.2, 0.25) is 5.91 Å². The maximum Gasteiger partial charge on any atom is 0.220 e. The first kappa shape index (κ1) is 14.1. The van der Waals surface area contributed by atoms with E-state index < -0.39 is 0 Å². The third-order valence-corrected chi connectivity index (χ3v) is 3.56. The Kier molecular flexibility index (Phi) is 6.15. The zero-order chi connectivity index (χ0) is 12.7. The fraction of sp³-hybridized carbons (Fsp3) is 0.667. The highest BCUT2D eigenvalue weighted by Crippen LogP contribution is 2.18. The average molecular weight is 256 g/mol. The number of carbonyl (C=O) groups is 1. The van der Waals surface area contributed by atoms with Crippen molar-refractivity contribution in [2.45, 2.75) is 33.1 Å². The third-order valence-electron chi connectivity index (χ3n) is 2.43. The Hall–Kier alpha value is -0.940. The molecule has 1 aromatic heterocycles. The summed E-state index contributed by atoms with van der Waals surface area (Å²) in [7, 11) is 1.66. The summed E-state index contributed by atoms with van der Waals surface area (Å²) < 4.78 is 4.91. The topological polar surface area (TPSA) is 51.2 Å². The van der Waals surface area contributed by atoms with Crippen LogP contribution < -0.4 is 5.32 Å². The number of hydrogen-bond acceptors (Lipinski definition) is 4. The molecule has 0 fully saturated rings. The number of hydrogen-bond donors (Lipinski definition) is 1. The van der Waals surface area contributed by atoms with Gasteiger partial charge < -0.3 is 10.1 Å². The molecule has 0 bridgehead atoms. The lowest BCUT2D eigenvalue weighted by molar-refractivity contribution is -0.121. The van der Waals surface area contributed by atoms with Crippen molar-refractivity contribution in [2.24, 2.45) is 0 Å². The number of amides is 1. The third kappa shape index (κ3) is 5.28. The van der Waals surface area contributed by atoms with Crippen LogP contribution in [-0.2, 0) is 16.0 Å². The fourth-order valence-corrected chi connectivity index (χ4v) is 2.50. The lowest BCUT2D eigenvalue weighted by Gasteiger charge is -2.04. The van der Waals surface area contributed by atoms with E-state index in [-0.39, 0.29) is 5.91 Å².